The lowest BCUT2D eigenvalue weighted by Crippen LogP contribution is -2.34. The third-order valence-corrected chi connectivity index (χ3v) is 4.71. The van der Waals surface area contributed by atoms with Gasteiger partial charge < -0.3 is 10.5 Å². The molecule has 1 aliphatic rings. The molecule has 8 heteroatoms. The highest BCUT2D eigenvalue weighted by molar-refractivity contribution is 7.89. The van der Waals surface area contributed by atoms with Gasteiger partial charge in [-0.05, 0) is 18.6 Å². The zero-order valence-corrected chi connectivity index (χ0v) is 10.9. The zero-order valence-electron chi connectivity index (χ0n) is 10.1. The van der Waals surface area contributed by atoms with Crippen molar-refractivity contribution < 1.29 is 21.9 Å². The molecule has 0 saturated carbocycles. The number of benzene rings is 1. The molecule has 0 aliphatic carbocycles. The first-order chi connectivity index (χ1) is 8.93. The summed E-state index contributed by atoms with van der Waals surface area (Å²) in [6, 6.07) is 1.68. The van der Waals surface area contributed by atoms with Crippen LogP contribution >= 0.6 is 0 Å². The van der Waals surface area contributed by atoms with Gasteiger partial charge in [0.25, 0.3) is 0 Å². The van der Waals surface area contributed by atoms with Crippen LogP contribution in [-0.2, 0) is 14.8 Å². The Labute approximate surface area is 110 Å². The highest BCUT2D eigenvalue weighted by Gasteiger charge is 2.29. The molecule has 0 aromatic heterocycles. The number of nitrogens with two attached hydrogens (primary N) is 1. The lowest BCUT2D eigenvalue weighted by atomic mass is 10.3. The molecule has 2 N–H and O–H groups in total. The van der Waals surface area contributed by atoms with E-state index in [9.17, 15) is 17.2 Å². The molecule has 106 valence electrons. The molecular weight excluding hydrogens is 278 g/mol. The van der Waals surface area contributed by atoms with E-state index in [0.29, 0.717) is 13.0 Å². The van der Waals surface area contributed by atoms with Crippen molar-refractivity contribution in [1.82, 2.24) is 4.31 Å². The van der Waals surface area contributed by atoms with Crippen LogP contribution in [0.2, 0.25) is 0 Å². The van der Waals surface area contributed by atoms with Crippen LogP contribution < -0.4 is 5.73 Å². The Kier molecular flexibility index (Phi) is 4.02. The second-order valence-electron chi connectivity index (χ2n) is 4.18. The van der Waals surface area contributed by atoms with Gasteiger partial charge in [-0.25, -0.2) is 17.2 Å². The average molecular weight is 292 g/mol. The molecule has 5 nitrogen and oxygen atoms in total. The topological polar surface area (TPSA) is 72.6 Å². The molecule has 2 rings (SSSR count). The van der Waals surface area contributed by atoms with E-state index in [1.807, 2.05) is 0 Å². The number of anilines is 1. The van der Waals surface area contributed by atoms with Crippen LogP contribution in [0.3, 0.4) is 0 Å². The van der Waals surface area contributed by atoms with E-state index in [2.05, 4.69) is 0 Å². The SMILES string of the molecule is Nc1cc(F)c(F)c(S(=O)(=O)N2CCCOCC2)c1. The van der Waals surface area contributed by atoms with Gasteiger partial charge in [-0.1, -0.05) is 0 Å². The van der Waals surface area contributed by atoms with E-state index in [1.165, 1.54) is 0 Å². The largest absolute Gasteiger partial charge is 0.399 e. The van der Waals surface area contributed by atoms with E-state index in [4.69, 9.17) is 10.5 Å². The first-order valence-corrected chi connectivity index (χ1v) is 7.19. The van der Waals surface area contributed by atoms with Gasteiger partial charge >= 0.3 is 0 Å². The summed E-state index contributed by atoms with van der Waals surface area (Å²) < 4.78 is 57.7. The van der Waals surface area contributed by atoms with Crippen molar-refractivity contribution in [3.05, 3.63) is 23.8 Å². The number of hydrogen-bond donors (Lipinski definition) is 1. The van der Waals surface area contributed by atoms with Crippen molar-refractivity contribution in [2.75, 3.05) is 32.0 Å². The molecule has 0 amide bonds. The smallest absolute Gasteiger partial charge is 0.246 e. The second-order valence-corrected chi connectivity index (χ2v) is 6.09. The fourth-order valence-electron chi connectivity index (χ4n) is 1.87. The number of sulfonamides is 1. The van der Waals surface area contributed by atoms with Crippen molar-refractivity contribution in [1.29, 1.82) is 0 Å². The summed E-state index contributed by atoms with van der Waals surface area (Å²) in [5.74, 6) is -2.68. The summed E-state index contributed by atoms with van der Waals surface area (Å²) >= 11 is 0. The first kappa shape index (κ1) is 14.2. The van der Waals surface area contributed by atoms with Crippen LogP contribution in [0.5, 0.6) is 0 Å². The van der Waals surface area contributed by atoms with E-state index >= 15 is 0 Å². The molecule has 1 saturated heterocycles. The Bertz CT molecular complexity index is 570. The van der Waals surface area contributed by atoms with E-state index < -0.39 is 26.6 Å². The van der Waals surface area contributed by atoms with Crippen LogP contribution in [0.1, 0.15) is 6.42 Å². The quantitative estimate of drug-likeness (QED) is 0.824. The Morgan fingerprint density at radius 3 is 2.68 bits per heavy atom. The average Bonchev–Trinajstić information content (AvgIpc) is 2.62. The molecule has 1 aromatic carbocycles. The lowest BCUT2D eigenvalue weighted by Gasteiger charge is -2.19. The Morgan fingerprint density at radius 2 is 1.95 bits per heavy atom. The minimum absolute atomic E-state index is 0.109. The van der Waals surface area contributed by atoms with Crippen LogP contribution in [0.25, 0.3) is 0 Å². The number of nitrogen functional groups attached to an aromatic ring is 1. The first-order valence-electron chi connectivity index (χ1n) is 5.75. The highest BCUT2D eigenvalue weighted by Crippen LogP contribution is 2.24. The summed E-state index contributed by atoms with van der Waals surface area (Å²) in [5.41, 5.74) is 5.24. The fourth-order valence-corrected chi connectivity index (χ4v) is 3.45. The molecule has 0 radical (unpaired) electrons. The van der Waals surface area contributed by atoms with Gasteiger partial charge in [-0.3, -0.25) is 0 Å². The van der Waals surface area contributed by atoms with Gasteiger partial charge in [0.2, 0.25) is 10.0 Å². The minimum atomic E-state index is -4.10. The molecule has 19 heavy (non-hydrogen) atoms. The van der Waals surface area contributed by atoms with Gasteiger partial charge in [-0.15, -0.1) is 0 Å². The lowest BCUT2D eigenvalue weighted by molar-refractivity contribution is 0.148. The summed E-state index contributed by atoms with van der Waals surface area (Å²) in [6.07, 6.45) is 0.506. The predicted molar refractivity (Wildman–Crippen MR) is 65.0 cm³/mol. The van der Waals surface area contributed by atoms with Crippen molar-refractivity contribution in [3.8, 4) is 0 Å². The molecule has 0 spiro atoms. The third-order valence-electron chi connectivity index (χ3n) is 2.82. The van der Waals surface area contributed by atoms with Crippen LogP contribution in [0, 0.1) is 11.6 Å². The molecule has 0 unspecified atom stereocenters. The Hall–Kier alpha value is -1.25. The maximum Gasteiger partial charge on any atom is 0.246 e. The Balaban J connectivity index is 2.44. The van der Waals surface area contributed by atoms with Crippen LogP contribution in [-0.4, -0.2) is 39.0 Å². The summed E-state index contributed by atoms with van der Waals surface area (Å²) in [7, 11) is -4.10. The maximum absolute atomic E-state index is 13.7. The third kappa shape index (κ3) is 2.85. The van der Waals surface area contributed by atoms with Crippen molar-refractivity contribution in [2.24, 2.45) is 0 Å². The zero-order chi connectivity index (χ0) is 14.0. The van der Waals surface area contributed by atoms with Crippen LogP contribution in [0.15, 0.2) is 17.0 Å². The van der Waals surface area contributed by atoms with E-state index in [1.54, 1.807) is 0 Å². The highest BCUT2D eigenvalue weighted by atomic mass is 32.2. The normalized spacial score (nSPS) is 18.2. The van der Waals surface area contributed by atoms with Gasteiger partial charge in [0.15, 0.2) is 11.6 Å². The van der Waals surface area contributed by atoms with Crippen molar-refractivity contribution in [3.63, 3.8) is 0 Å². The minimum Gasteiger partial charge on any atom is -0.399 e. The predicted octanol–water partition coefficient (Wildman–Crippen LogP) is 0.958. The number of halogens is 2. The summed E-state index contributed by atoms with van der Waals surface area (Å²) in [6.45, 7) is 0.988. The van der Waals surface area contributed by atoms with Crippen molar-refractivity contribution in [2.45, 2.75) is 11.3 Å². The molecule has 0 bridgehead atoms. The molecule has 1 heterocycles. The summed E-state index contributed by atoms with van der Waals surface area (Å²) in [4.78, 5) is -0.730. The molecule has 0 atom stereocenters. The van der Waals surface area contributed by atoms with E-state index in [0.717, 1.165) is 16.4 Å². The van der Waals surface area contributed by atoms with Gasteiger partial charge in [-0.2, -0.15) is 4.31 Å². The number of hydrogen-bond acceptors (Lipinski definition) is 4. The van der Waals surface area contributed by atoms with E-state index in [-0.39, 0.29) is 25.4 Å². The summed E-state index contributed by atoms with van der Waals surface area (Å²) in [5, 5.41) is 0. The number of rotatable bonds is 2. The van der Waals surface area contributed by atoms with Gasteiger partial charge in [0.05, 0.1) is 6.61 Å². The molecule has 1 aliphatic heterocycles. The standard InChI is InChI=1S/C11H14F2N2O3S/c12-9-6-8(14)7-10(11(9)13)19(16,17)15-2-1-4-18-5-3-15/h6-7H,1-5,14H2. The molecule has 1 fully saturated rings. The van der Waals surface area contributed by atoms with Crippen LogP contribution in [0.4, 0.5) is 14.5 Å². The Morgan fingerprint density at radius 1 is 1.21 bits per heavy atom. The monoisotopic (exact) mass is 292 g/mol. The van der Waals surface area contributed by atoms with Crippen molar-refractivity contribution >= 4 is 15.7 Å². The number of nitrogens with zero attached hydrogens (tertiary/aromatic N) is 1. The number of ether oxygens (including phenoxy) is 1. The maximum atomic E-state index is 13.7. The second kappa shape index (κ2) is 5.40. The molecular formula is C11H14F2N2O3S. The fraction of sp³-hybridized carbons (Fsp3) is 0.455. The molecule has 1 aromatic rings. The van der Waals surface area contributed by atoms with Gasteiger partial charge in [0.1, 0.15) is 4.90 Å². The van der Waals surface area contributed by atoms with Gasteiger partial charge in [0, 0.05) is 25.4 Å².